The molecule has 3 nitrogen and oxygen atoms in total. The molecule has 0 saturated heterocycles. The summed E-state index contributed by atoms with van der Waals surface area (Å²) < 4.78 is 35.7. The van der Waals surface area contributed by atoms with Gasteiger partial charge in [0.25, 0.3) is 0 Å². The Labute approximate surface area is 88.5 Å². The molecule has 0 saturated carbocycles. The Balaban J connectivity index is 2.82. The maximum atomic E-state index is 12.5. The van der Waals surface area contributed by atoms with Gasteiger partial charge in [-0.25, -0.2) is 12.8 Å². The van der Waals surface area contributed by atoms with Crippen LogP contribution in [-0.4, -0.2) is 25.4 Å². The number of benzene rings is 1. The fourth-order valence-corrected chi connectivity index (χ4v) is 2.51. The molecule has 0 aliphatic heterocycles. The van der Waals surface area contributed by atoms with Gasteiger partial charge in [-0.1, -0.05) is 0 Å². The van der Waals surface area contributed by atoms with Crippen molar-refractivity contribution in [1.29, 1.82) is 0 Å². The molecule has 84 valence electrons. The van der Waals surface area contributed by atoms with Gasteiger partial charge in [-0.3, -0.25) is 0 Å². The number of hydrogen-bond donors (Lipinski definition) is 1. The number of halogens is 1. The molecule has 1 aromatic rings. The summed E-state index contributed by atoms with van der Waals surface area (Å²) in [7, 11) is -3.42. The quantitative estimate of drug-likeness (QED) is 0.862. The zero-order valence-corrected chi connectivity index (χ0v) is 9.17. The van der Waals surface area contributed by atoms with Crippen molar-refractivity contribution in [3.63, 3.8) is 0 Å². The summed E-state index contributed by atoms with van der Waals surface area (Å²) in [4.78, 5) is 0.112. The van der Waals surface area contributed by atoms with Crippen molar-refractivity contribution in [1.82, 2.24) is 0 Å². The second-order valence-electron chi connectivity index (χ2n) is 3.38. The molecule has 0 bridgehead atoms. The lowest BCUT2D eigenvalue weighted by molar-refractivity contribution is 0.352. The highest BCUT2D eigenvalue weighted by Gasteiger charge is 2.15. The summed E-state index contributed by atoms with van der Waals surface area (Å²) in [5.74, 6) is -0.206. The van der Waals surface area contributed by atoms with Crippen LogP contribution < -0.4 is 0 Å². The number of hydrogen-bond acceptors (Lipinski definition) is 3. The SMILES string of the molecule is CC(F)CCS(=O)(=O)c1ccc(O)cc1. The summed E-state index contributed by atoms with van der Waals surface area (Å²) in [6, 6.07) is 5.22. The molecule has 0 aliphatic rings. The minimum atomic E-state index is -3.42. The van der Waals surface area contributed by atoms with Crippen molar-refractivity contribution in [3.05, 3.63) is 24.3 Å². The van der Waals surface area contributed by atoms with Crippen molar-refractivity contribution in [2.24, 2.45) is 0 Å². The van der Waals surface area contributed by atoms with E-state index < -0.39 is 16.0 Å². The standard InChI is InChI=1S/C10H13FO3S/c1-8(11)6-7-15(13,14)10-4-2-9(12)3-5-10/h2-5,8,12H,6-7H2,1H3. The van der Waals surface area contributed by atoms with E-state index in [1.54, 1.807) is 0 Å². The lowest BCUT2D eigenvalue weighted by Crippen LogP contribution is -2.10. The van der Waals surface area contributed by atoms with Gasteiger partial charge in [0.05, 0.1) is 16.8 Å². The van der Waals surface area contributed by atoms with Gasteiger partial charge in [0.2, 0.25) is 0 Å². The fraction of sp³-hybridized carbons (Fsp3) is 0.400. The summed E-state index contributed by atoms with van der Waals surface area (Å²) >= 11 is 0. The van der Waals surface area contributed by atoms with Crippen LogP contribution in [-0.2, 0) is 9.84 Å². The van der Waals surface area contributed by atoms with Gasteiger partial charge in [0.1, 0.15) is 5.75 Å². The first-order valence-electron chi connectivity index (χ1n) is 4.57. The van der Waals surface area contributed by atoms with Crippen LogP contribution in [0.4, 0.5) is 4.39 Å². The molecule has 0 aromatic heterocycles. The lowest BCUT2D eigenvalue weighted by atomic mass is 10.3. The number of phenolic OH excluding ortho intramolecular Hbond substituents is 1. The predicted octanol–water partition coefficient (Wildman–Crippen LogP) is 1.91. The van der Waals surface area contributed by atoms with E-state index in [0.29, 0.717) is 0 Å². The van der Waals surface area contributed by atoms with Crippen molar-refractivity contribution in [2.75, 3.05) is 5.75 Å². The van der Waals surface area contributed by atoms with Crippen molar-refractivity contribution in [2.45, 2.75) is 24.4 Å². The van der Waals surface area contributed by atoms with Gasteiger partial charge in [-0.05, 0) is 37.6 Å². The highest BCUT2D eigenvalue weighted by molar-refractivity contribution is 7.91. The van der Waals surface area contributed by atoms with Crippen molar-refractivity contribution < 1.29 is 17.9 Å². The van der Waals surface area contributed by atoms with E-state index in [9.17, 15) is 12.8 Å². The molecular formula is C10H13FO3S. The molecule has 1 rings (SSSR count). The first-order valence-corrected chi connectivity index (χ1v) is 6.23. The summed E-state index contributed by atoms with van der Waals surface area (Å²) in [5, 5.41) is 8.99. The van der Waals surface area contributed by atoms with Crippen LogP contribution in [0.15, 0.2) is 29.2 Å². The minimum Gasteiger partial charge on any atom is -0.508 e. The highest BCUT2D eigenvalue weighted by atomic mass is 32.2. The first kappa shape index (κ1) is 12.0. The number of sulfone groups is 1. The lowest BCUT2D eigenvalue weighted by Gasteiger charge is -2.04. The molecule has 0 heterocycles. The van der Waals surface area contributed by atoms with Crippen LogP contribution in [0.1, 0.15) is 13.3 Å². The summed E-state index contributed by atoms with van der Waals surface area (Å²) in [6.45, 7) is 1.33. The molecule has 1 N–H and O–H groups in total. The van der Waals surface area contributed by atoms with Gasteiger partial charge in [0.15, 0.2) is 9.84 Å². The zero-order valence-electron chi connectivity index (χ0n) is 8.35. The molecule has 0 amide bonds. The third kappa shape index (κ3) is 3.51. The van der Waals surface area contributed by atoms with E-state index in [0.717, 1.165) is 0 Å². The molecule has 1 aromatic carbocycles. The normalized spacial score (nSPS) is 13.7. The van der Waals surface area contributed by atoms with E-state index >= 15 is 0 Å². The molecule has 0 fully saturated rings. The summed E-state index contributed by atoms with van der Waals surface area (Å²) in [5.41, 5.74) is 0. The maximum absolute atomic E-state index is 12.5. The van der Waals surface area contributed by atoms with Gasteiger partial charge in [-0.2, -0.15) is 0 Å². The monoisotopic (exact) mass is 232 g/mol. The van der Waals surface area contributed by atoms with Gasteiger partial charge in [-0.15, -0.1) is 0 Å². The molecular weight excluding hydrogens is 219 g/mol. The van der Waals surface area contributed by atoms with E-state index in [2.05, 4.69) is 0 Å². The fourth-order valence-electron chi connectivity index (χ4n) is 1.09. The molecule has 0 radical (unpaired) electrons. The zero-order chi connectivity index (χ0) is 11.5. The Hall–Kier alpha value is -1.10. The van der Waals surface area contributed by atoms with Crippen LogP contribution in [0.2, 0.25) is 0 Å². The largest absolute Gasteiger partial charge is 0.508 e. The third-order valence-electron chi connectivity index (χ3n) is 1.98. The van der Waals surface area contributed by atoms with Crippen LogP contribution in [0.5, 0.6) is 5.75 Å². The number of rotatable bonds is 4. The Morgan fingerprint density at radius 3 is 2.33 bits per heavy atom. The molecule has 1 unspecified atom stereocenters. The molecule has 0 aliphatic carbocycles. The first-order chi connectivity index (χ1) is 6.92. The third-order valence-corrected chi connectivity index (χ3v) is 3.74. The van der Waals surface area contributed by atoms with Gasteiger partial charge < -0.3 is 5.11 Å². The Morgan fingerprint density at radius 1 is 1.33 bits per heavy atom. The second kappa shape index (κ2) is 4.61. The molecule has 0 spiro atoms. The number of aromatic hydroxyl groups is 1. The van der Waals surface area contributed by atoms with Crippen molar-refractivity contribution >= 4 is 9.84 Å². The number of alkyl halides is 1. The van der Waals surface area contributed by atoms with Crippen LogP contribution in [0.25, 0.3) is 0 Å². The van der Waals surface area contributed by atoms with Crippen molar-refractivity contribution in [3.8, 4) is 5.75 Å². The predicted molar refractivity (Wildman–Crippen MR) is 55.3 cm³/mol. The second-order valence-corrected chi connectivity index (χ2v) is 5.49. The van der Waals surface area contributed by atoms with E-state index in [1.807, 2.05) is 0 Å². The van der Waals surface area contributed by atoms with E-state index in [-0.39, 0.29) is 22.8 Å². The van der Waals surface area contributed by atoms with E-state index in [4.69, 9.17) is 5.11 Å². The molecule has 5 heteroatoms. The van der Waals surface area contributed by atoms with Crippen LogP contribution >= 0.6 is 0 Å². The number of phenols is 1. The Kier molecular flexibility index (Phi) is 3.68. The average Bonchev–Trinajstić information content (AvgIpc) is 2.16. The topological polar surface area (TPSA) is 54.4 Å². The molecule has 1 atom stereocenters. The van der Waals surface area contributed by atoms with Crippen LogP contribution in [0.3, 0.4) is 0 Å². The average molecular weight is 232 g/mol. The minimum absolute atomic E-state index is 0.00723. The van der Waals surface area contributed by atoms with E-state index in [1.165, 1.54) is 31.2 Å². The van der Waals surface area contributed by atoms with Gasteiger partial charge >= 0.3 is 0 Å². The maximum Gasteiger partial charge on any atom is 0.178 e. The van der Waals surface area contributed by atoms with Gasteiger partial charge in [0, 0.05) is 0 Å². The Bertz CT molecular complexity index is 409. The Morgan fingerprint density at radius 2 is 1.87 bits per heavy atom. The molecule has 15 heavy (non-hydrogen) atoms. The van der Waals surface area contributed by atoms with Crippen LogP contribution in [0, 0.1) is 0 Å². The summed E-state index contributed by atoms with van der Waals surface area (Å²) in [6.07, 6.45) is -1.14. The highest BCUT2D eigenvalue weighted by Crippen LogP contribution is 2.17. The smallest absolute Gasteiger partial charge is 0.178 e.